The maximum Gasteiger partial charge on any atom is 0.317 e. The number of aryl methyl sites for hydroxylation is 3. The van der Waals surface area contributed by atoms with Crippen molar-refractivity contribution in [2.24, 2.45) is 7.05 Å². The van der Waals surface area contributed by atoms with Gasteiger partial charge in [0.25, 0.3) is 0 Å². The summed E-state index contributed by atoms with van der Waals surface area (Å²) >= 11 is 0. The van der Waals surface area contributed by atoms with E-state index in [1.807, 2.05) is 54.7 Å². The third-order valence-electron chi connectivity index (χ3n) is 5.53. The van der Waals surface area contributed by atoms with E-state index in [4.69, 9.17) is 4.74 Å². The molecule has 0 radical (unpaired) electrons. The molecule has 164 valence electrons. The van der Waals surface area contributed by atoms with Crippen molar-refractivity contribution in [2.45, 2.75) is 20.4 Å². The normalized spacial score (nSPS) is 14.1. The summed E-state index contributed by atoms with van der Waals surface area (Å²) in [5.74, 6) is 1.44. The van der Waals surface area contributed by atoms with Gasteiger partial charge in [0.05, 0.1) is 19.3 Å². The number of urea groups is 1. The highest BCUT2D eigenvalue weighted by Crippen LogP contribution is 2.28. The minimum Gasteiger partial charge on any atom is -0.494 e. The van der Waals surface area contributed by atoms with E-state index in [-0.39, 0.29) is 6.03 Å². The van der Waals surface area contributed by atoms with E-state index in [0.29, 0.717) is 25.5 Å². The predicted molar refractivity (Wildman–Crippen MR) is 117 cm³/mol. The Balaban J connectivity index is 1.35. The summed E-state index contributed by atoms with van der Waals surface area (Å²) in [5.41, 5.74) is 3.83. The number of hydrogen-bond acceptors (Lipinski definition) is 6. The number of piperazine rings is 1. The van der Waals surface area contributed by atoms with Gasteiger partial charge in [0, 0.05) is 50.7 Å². The molecule has 0 atom stereocenters. The Morgan fingerprint density at radius 3 is 2.52 bits per heavy atom. The first-order valence-corrected chi connectivity index (χ1v) is 10.3. The predicted octanol–water partition coefficient (Wildman–Crippen LogP) is 1.66. The second-order valence-electron chi connectivity index (χ2n) is 7.63. The first-order valence-electron chi connectivity index (χ1n) is 10.3. The summed E-state index contributed by atoms with van der Waals surface area (Å²) in [6, 6.07) is 7.96. The second-order valence-corrected chi connectivity index (χ2v) is 7.63. The van der Waals surface area contributed by atoms with Crippen molar-refractivity contribution < 1.29 is 9.53 Å². The van der Waals surface area contributed by atoms with E-state index < -0.39 is 0 Å². The molecule has 3 aromatic rings. The number of benzene rings is 1. The van der Waals surface area contributed by atoms with Crippen LogP contribution in [0.2, 0.25) is 0 Å². The summed E-state index contributed by atoms with van der Waals surface area (Å²) in [4.78, 5) is 20.8. The molecule has 10 nitrogen and oxygen atoms in total. The molecule has 0 saturated carbocycles. The Kier molecular flexibility index (Phi) is 5.79. The molecular formula is C21H28N8O2. The van der Waals surface area contributed by atoms with E-state index in [1.165, 1.54) is 0 Å². The number of aromatic nitrogens is 5. The first kappa shape index (κ1) is 20.7. The minimum absolute atomic E-state index is 0.0579. The molecule has 1 aliphatic heterocycles. The zero-order chi connectivity index (χ0) is 22.0. The van der Waals surface area contributed by atoms with Crippen LogP contribution in [0.3, 0.4) is 0 Å². The molecule has 1 aliphatic rings. The number of carbonyl (C=O) groups excluding carboxylic acids is 1. The average Bonchev–Trinajstić information content (AvgIpc) is 3.36. The van der Waals surface area contributed by atoms with E-state index in [9.17, 15) is 4.79 Å². The standard InChI is InChI=1S/C21H28N8O2/c1-15-11-17(25-26(15)3)13-22-21(30)28-9-7-27(8-10-28)18-5-6-19(20(12-18)31-4)29-14-23-16(2)24-29/h5-6,11-12,14H,7-10,13H2,1-4H3,(H,22,30). The maximum atomic E-state index is 12.5. The molecule has 0 bridgehead atoms. The lowest BCUT2D eigenvalue weighted by Crippen LogP contribution is -2.51. The molecule has 1 N–H and O–H groups in total. The minimum atomic E-state index is -0.0579. The second kappa shape index (κ2) is 8.66. The van der Waals surface area contributed by atoms with E-state index in [2.05, 4.69) is 25.4 Å². The van der Waals surface area contributed by atoms with Crippen LogP contribution in [0.1, 0.15) is 17.2 Å². The summed E-state index contributed by atoms with van der Waals surface area (Å²) in [6.07, 6.45) is 1.68. The van der Waals surface area contributed by atoms with Crippen molar-refractivity contribution in [1.29, 1.82) is 0 Å². The molecule has 2 amide bonds. The van der Waals surface area contributed by atoms with Gasteiger partial charge in [-0.2, -0.15) is 10.2 Å². The van der Waals surface area contributed by atoms with Crippen molar-refractivity contribution in [2.75, 3.05) is 38.2 Å². The van der Waals surface area contributed by atoms with Crippen LogP contribution in [0.5, 0.6) is 5.75 Å². The average molecular weight is 425 g/mol. The molecule has 4 rings (SSSR count). The Hall–Kier alpha value is -3.56. The zero-order valence-corrected chi connectivity index (χ0v) is 18.4. The van der Waals surface area contributed by atoms with Crippen molar-refractivity contribution >= 4 is 11.7 Å². The number of nitrogens with zero attached hydrogens (tertiary/aromatic N) is 7. The van der Waals surface area contributed by atoms with Crippen molar-refractivity contribution in [3.8, 4) is 11.4 Å². The third-order valence-corrected chi connectivity index (χ3v) is 5.53. The van der Waals surface area contributed by atoms with Gasteiger partial charge in [-0.15, -0.1) is 0 Å². The molecule has 1 saturated heterocycles. The number of hydrogen-bond donors (Lipinski definition) is 1. The molecule has 0 aliphatic carbocycles. The fourth-order valence-electron chi connectivity index (χ4n) is 3.68. The van der Waals surface area contributed by atoms with E-state index in [1.54, 1.807) is 18.1 Å². The summed E-state index contributed by atoms with van der Waals surface area (Å²) in [7, 11) is 3.55. The van der Waals surface area contributed by atoms with Crippen LogP contribution in [0, 0.1) is 13.8 Å². The molecule has 3 heterocycles. The van der Waals surface area contributed by atoms with Crippen molar-refractivity contribution in [3.05, 3.63) is 47.8 Å². The number of amides is 2. The largest absolute Gasteiger partial charge is 0.494 e. The molecule has 0 unspecified atom stereocenters. The highest BCUT2D eigenvalue weighted by molar-refractivity contribution is 5.74. The fraction of sp³-hybridized carbons (Fsp3) is 0.429. The lowest BCUT2D eigenvalue weighted by molar-refractivity contribution is 0.193. The summed E-state index contributed by atoms with van der Waals surface area (Å²) in [6.45, 7) is 7.08. The molecule has 1 fully saturated rings. The Labute approximate surface area is 181 Å². The van der Waals surface area contributed by atoms with Crippen LogP contribution >= 0.6 is 0 Å². The van der Waals surface area contributed by atoms with E-state index >= 15 is 0 Å². The first-order chi connectivity index (χ1) is 14.9. The molecular weight excluding hydrogens is 396 g/mol. The van der Waals surface area contributed by atoms with Gasteiger partial charge in [-0.25, -0.2) is 14.5 Å². The maximum absolute atomic E-state index is 12.5. The molecule has 10 heteroatoms. The zero-order valence-electron chi connectivity index (χ0n) is 18.4. The number of nitrogens with one attached hydrogen (secondary N) is 1. The Bertz CT molecular complexity index is 1050. The molecule has 0 spiro atoms. The Morgan fingerprint density at radius 2 is 1.90 bits per heavy atom. The number of ether oxygens (including phenoxy) is 1. The van der Waals surface area contributed by atoms with E-state index in [0.717, 1.165) is 41.6 Å². The number of carbonyl (C=O) groups is 1. The highest BCUT2D eigenvalue weighted by Gasteiger charge is 2.22. The monoisotopic (exact) mass is 424 g/mol. The smallest absolute Gasteiger partial charge is 0.317 e. The van der Waals surface area contributed by atoms with Crippen LogP contribution < -0.4 is 15.0 Å². The fourth-order valence-corrected chi connectivity index (χ4v) is 3.68. The lowest BCUT2D eigenvalue weighted by atomic mass is 10.2. The van der Waals surface area contributed by atoms with Gasteiger partial charge in [-0.05, 0) is 32.0 Å². The number of rotatable bonds is 5. The molecule has 2 aromatic heterocycles. The number of anilines is 1. The van der Waals surface area contributed by atoms with Crippen LogP contribution in [-0.4, -0.2) is 68.8 Å². The van der Waals surface area contributed by atoms with Gasteiger partial charge < -0.3 is 19.9 Å². The molecule has 31 heavy (non-hydrogen) atoms. The molecule has 1 aromatic carbocycles. The van der Waals surface area contributed by atoms with Crippen molar-refractivity contribution in [1.82, 2.24) is 34.8 Å². The SMILES string of the molecule is COc1cc(N2CCN(C(=O)NCc3cc(C)n(C)n3)CC2)ccc1-n1cnc(C)n1. The quantitative estimate of drug-likeness (QED) is 0.670. The lowest BCUT2D eigenvalue weighted by Gasteiger charge is -2.36. The topological polar surface area (TPSA) is 93.3 Å². The van der Waals surface area contributed by atoms with Crippen LogP contribution in [0.15, 0.2) is 30.6 Å². The van der Waals surface area contributed by atoms with Gasteiger partial charge in [-0.1, -0.05) is 0 Å². The summed E-state index contributed by atoms with van der Waals surface area (Å²) < 4.78 is 9.11. The Morgan fingerprint density at radius 1 is 1.13 bits per heavy atom. The van der Waals surface area contributed by atoms with Crippen molar-refractivity contribution in [3.63, 3.8) is 0 Å². The van der Waals surface area contributed by atoms with Crippen LogP contribution in [0.4, 0.5) is 10.5 Å². The van der Waals surface area contributed by atoms with Gasteiger partial charge in [0.2, 0.25) is 0 Å². The number of methoxy groups -OCH3 is 1. The van der Waals surface area contributed by atoms with Crippen LogP contribution in [-0.2, 0) is 13.6 Å². The summed E-state index contributed by atoms with van der Waals surface area (Å²) in [5, 5.41) is 11.7. The van der Waals surface area contributed by atoms with Crippen LogP contribution in [0.25, 0.3) is 5.69 Å². The van der Waals surface area contributed by atoms with Gasteiger partial charge in [0.1, 0.15) is 23.6 Å². The van der Waals surface area contributed by atoms with Gasteiger partial charge in [0.15, 0.2) is 0 Å². The highest BCUT2D eigenvalue weighted by atomic mass is 16.5. The van der Waals surface area contributed by atoms with Gasteiger partial charge in [-0.3, -0.25) is 4.68 Å². The third kappa shape index (κ3) is 4.47. The van der Waals surface area contributed by atoms with Gasteiger partial charge >= 0.3 is 6.03 Å².